The number of nitrogens with zero attached hydrogens (tertiary/aromatic N) is 4. The van der Waals surface area contributed by atoms with E-state index in [0.29, 0.717) is 11.3 Å². The van der Waals surface area contributed by atoms with E-state index in [2.05, 4.69) is 30.4 Å². The molecule has 2 aliphatic heterocycles. The Morgan fingerprint density at radius 1 is 1.24 bits per heavy atom. The lowest BCUT2D eigenvalue weighted by molar-refractivity contribution is -0.154. The average Bonchev–Trinajstić information content (AvgIpc) is 3.44. The lowest BCUT2D eigenvalue weighted by atomic mass is 10.0. The molecule has 4 heterocycles. The van der Waals surface area contributed by atoms with Crippen molar-refractivity contribution in [3.8, 4) is 5.88 Å². The van der Waals surface area contributed by atoms with Crippen LogP contribution in [-0.2, 0) is 17.7 Å². The number of hydrogen-bond donors (Lipinski definition) is 2. The summed E-state index contributed by atoms with van der Waals surface area (Å²) in [7, 11) is 0. The van der Waals surface area contributed by atoms with Gasteiger partial charge in [-0.25, -0.2) is 15.5 Å². The molecule has 16 heteroatoms. The molecule has 0 aliphatic carbocycles. The maximum absolute atomic E-state index is 12.7. The number of hydrogen-bond acceptors (Lipinski definition) is 9. The largest absolute Gasteiger partial charge is 0.468 e. The van der Waals surface area contributed by atoms with E-state index in [9.17, 15) is 31.1 Å². The normalized spacial score (nSPS) is 15.4. The second-order valence-corrected chi connectivity index (χ2v) is 6.69. The average molecular weight is 490 g/mol. The van der Waals surface area contributed by atoms with E-state index in [-0.39, 0.29) is 11.1 Å². The molecule has 2 aromatic rings. The van der Waals surface area contributed by atoms with Crippen molar-refractivity contribution in [1.82, 2.24) is 31.0 Å². The number of halogens is 6. The third-order valence-corrected chi connectivity index (χ3v) is 4.22. The van der Waals surface area contributed by atoms with Gasteiger partial charge in [-0.05, 0) is 23.8 Å². The number of fused-ring (bicyclic) bond motifs is 1. The number of allylic oxidation sites excluding steroid dienone is 3. The zero-order valence-electron chi connectivity index (χ0n) is 16.6. The number of nitrogens with one attached hydrogen (secondary N) is 2. The third kappa shape index (κ3) is 5.28. The van der Waals surface area contributed by atoms with Crippen LogP contribution in [-0.4, -0.2) is 38.9 Å². The first kappa shape index (κ1) is 23.1. The van der Waals surface area contributed by atoms with Crippen LogP contribution in [0.25, 0.3) is 5.57 Å². The van der Waals surface area contributed by atoms with E-state index in [0.717, 1.165) is 6.20 Å². The number of ether oxygens (including phenoxy) is 1. The molecular weight excluding hydrogens is 478 g/mol. The molecule has 1 amide bonds. The van der Waals surface area contributed by atoms with Gasteiger partial charge in [0.05, 0.1) is 24.0 Å². The molecule has 2 aliphatic rings. The van der Waals surface area contributed by atoms with E-state index in [1.165, 1.54) is 35.7 Å². The first-order valence-electron chi connectivity index (χ1n) is 9.19. The van der Waals surface area contributed by atoms with Gasteiger partial charge in [-0.15, -0.1) is 0 Å². The zero-order valence-corrected chi connectivity index (χ0v) is 16.6. The standard InChI is InChI=1S/C18H12F6N6O4/c19-17(20,21)8-32-15-12(9-1-2-30-11(3-9)6-27-34-30)4-10(5-26-15)14(31)25-7-13-28-16(29-33-13)18(22,23)24/h1-6,27H,7-8H2,(H,25,31). The minimum absolute atomic E-state index is 0.0535. The van der Waals surface area contributed by atoms with E-state index in [1.807, 2.05) is 0 Å². The summed E-state index contributed by atoms with van der Waals surface area (Å²) < 4.78 is 84.9. The molecule has 0 bridgehead atoms. The van der Waals surface area contributed by atoms with Gasteiger partial charge in [-0.1, -0.05) is 5.16 Å². The Balaban J connectivity index is 1.56. The van der Waals surface area contributed by atoms with E-state index in [4.69, 9.17) is 9.68 Å². The van der Waals surface area contributed by atoms with Crippen molar-refractivity contribution in [3.63, 3.8) is 0 Å². The molecule has 180 valence electrons. The monoisotopic (exact) mass is 490 g/mol. The number of alkyl halides is 6. The molecule has 4 rings (SSSR count). The molecule has 34 heavy (non-hydrogen) atoms. The van der Waals surface area contributed by atoms with Crippen LogP contribution in [0.15, 0.2) is 47.0 Å². The predicted molar refractivity (Wildman–Crippen MR) is 97.5 cm³/mol. The molecule has 0 saturated heterocycles. The van der Waals surface area contributed by atoms with Crippen molar-refractivity contribution >= 4 is 11.5 Å². The molecular formula is C18H12F6N6O4. The fraction of sp³-hybridized carbons (Fsp3) is 0.222. The molecule has 0 saturated carbocycles. The summed E-state index contributed by atoms with van der Waals surface area (Å²) in [6.45, 7) is -2.15. The van der Waals surface area contributed by atoms with Crippen LogP contribution in [0.3, 0.4) is 0 Å². The Bertz CT molecular complexity index is 1190. The van der Waals surface area contributed by atoms with Crippen molar-refractivity contribution < 1.29 is 45.3 Å². The second kappa shape index (κ2) is 8.69. The Morgan fingerprint density at radius 3 is 2.74 bits per heavy atom. The first-order chi connectivity index (χ1) is 16.0. The highest BCUT2D eigenvalue weighted by Gasteiger charge is 2.37. The van der Waals surface area contributed by atoms with Crippen molar-refractivity contribution in [2.24, 2.45) is 0 Å². The maximum Gasteiger partial charge on any atom is 0.455 e. The topological polar surface area (TPSA) is 115 Å². The molecule has 2 aromatic heterocycles. The van der Waals surface area contributed by atoms with Gasteiger partial charge in [-0.2, -0.15) is 36.3 Å². The van der Waals surface area contributed by atoms with Gasteiger partial charge >= 0.3 is 12.4 Å². The maximum atomic E-state index is 12.7. The van der Waals surface area contributed by atoms with E-state index < -0.39 is 49.0 Å². The van der Waals surface area contributed by atoms with Crippen molar-refractivity contribution in [2.45, 2.75) is 18.9 Å². The summed E-state index contributed by atoms with van der Waals surface area (Å²) in [6.07, 6.45) is -2.52. The van der Waals surface area contributed by atoms with Gasteiger partial charge in [0.2, 0.25) is 11.8 Å². The minimum Gasteiger partial charge on any atom is -0.468 e. The molecule has 0 atom stereocenters. The van der Waals surface area contributed by atoms with E-state index in [1.54, 1.807) is 0 Å². The SMILES string of the molecule is O=C(NCc1nc(C(F)(F)F)no1)c1cnc(OCC(F)(F)F)c(C2=CC3=CNON3C=C2)c1. The highest BCUT2D eigenvalue weighted by Crippen LogP contribution is 2.32. The van der Waals surface area contributed by atoms with Crippen LogP contribution in [0.5, 0.6) is 5.88 Å². The summed E-state index contributed by atoms with van der Waals surface area (Å²) >= 11 is 0. The Morgan fingerprint density at radius 2 is 2.03 bits per heavy atom. The van der Waals surface area contributed by atoms with Gasteiger partial charge in [-0.3, -0.25) is 4.79 Å². The van der Waals surface area contributed by atoms with Gasteiger partial charge < -0.3 is 14.6 Å². The van der Waals surface area contributed by atoms with Crippen LogP contribution in [0.4, 0.5) is 26.3 Å². The third-order valence-electron chi connectivity index (χ3n) is 4.22. The summed E-state index contributed by atoms with van der Waals surface area (Å²) in [5, 5.41) is 6.38. The van der Waals surface area contributed by atoms with Gasteiger partial charge in [0, 0.05) is 18.0 Å². The summed E-state index contributed by atoms with van der Waals surface area (Å²) in [5.41, 5.74) is 3.28. The van der Waals surface area contributed by atoms with Crippen molar-refractivity contribution in [1.29, 1.82) is 0 Å². The summed E-state index contributed by atoms with van der Waals surface area (Å²) in [6, 6.07) is 1.22. The molecule has 0 fully saturated rings. The van der Waals surface area contributed by atoms with Gasteiger partial charge in [0.25, 0.3) is 11.7 Å². The Labute approximate surface area is 185 Å². The molecule has 10 nitrogen and oxygen atoms in total. The number of pyridine rings is 1. The lowest BCUT2D eigenvalue weighted by Crippen LogP contribution is -2.24. The number of rotatable bonds is 6. The number of aromatic nitrogens is 3. The highest BCUT2D eigenvalue weighted by molar-refractivity contribution is 5.95. The predicted octanol–water partition coefficient (Wildman–Crippen LogP) is 2.86. The summed E-state index contributed by atoms with van der Waals surface area (Å²) in [5.74, 6) is -3.21. The Hall–Kier alpha value is -4.08. The van der Waals surface area contributed by atoms with Crippen LogP contribution in [0.2, 0.25) is 0 Å². The molecule has 0 unspecified atom stereocenters. The number of hydroxylamine groups is 3. The summed E-state index contributed by atoms with van der Waals surface area (Å²) in [4.78, 5) is 24.5. The fourth-order valence-corrected chi connectivity index (χ4v) is 2.75. The van der Waals surface area contributed by atoms with Crippen LogP contribution in [0, 0.1) is 0 Å². The van der Waals surface area contributed by atoms with Crippen molar-refractivity contribution in [3.05, 3.63) is 65.4 Å². The minimum atomic E-state index is -4.82. The number of carbonyl (C=O) groups excluding carboxylic acids is 1. The quantitative estimate of drug-likeness (QED) is 0.590. The highest BCUT2D eigenvalue weighted by atomic mass is 19.4. The smallest absolute Gasteiger partial charge is 0.455 e. The van der Waals surface area contributed by atoms with Gasteiger partial charge in [0.15, 0.2) is 6.61 Å². The molecule has 2 N–H and O–H groups in total. The molecule has 0 spiro atoms. The molecule has 0 aromatic carbocycles. The van der Waals surface area contributed by atoms with E-state index >= 15 is 0 Å². The van der Waals surface area contributed by atoms with Crippen molar-refractivity contribution in [2.75, 3.05) is 6.61 Å². The van der Waals surface area contributed by atoms with Gasteiger partial charge in [0.1, 0.15) is 0 Å². The first-order valence-corrected chi connectivity index (χ1v) is 9.19. The number of carbonyl (C=O) groups is 1. The lowest BCUT2D eigenvalue weighted by Gasteiger charge is -2.19. The van der Waals surface area contributed by atoms with Crippen LogP contribution in [0.1, 0.15) is 27.6 Å². The second-order valence-electron chi connectivity index (χ2n) is 6.69. The molecule has 0 radical (unpaired) electrons. The van der Waals surface area contributed by atoms with Crippen LogP contribution >= 0.6 is 0 Å². The zero-order chi connectivity index (χ0) is 24.5. The Kier molecular flexibility index (Phi) is 5.90. The van der Waals surface area contributed by atoms with Crippen LogP contribution < -0.4 is 15.5 Å². The number of amides is 1. The fourth-order valence-electron chi connectivity index (χ4n) is 2.75.